The molecule has 0 spiro atoms. The van der Waals surface area contributed by atoms with Gasteiger partial charge in [-0.2, -0.15) is 0 Å². The summed E-state index contributed by atoms with van der Waals surface area (Å²) in [5.74, 6) is 1.91. The maximum atomic E-state index is 5.85. The lowest BCUT2D eigenvalue weighted by Crippen LogP contribution is -2.30. The Morgan fingerprint density at radius 1 is 1.24 bits per heavy atom. The van der Waals surface area contributed by atoms with Crippen LogP contribution in [0.25, 0.3) is 0 Å². The molecule has 1 aliphatic carbocycles. The highest BCUT2D eigenvalue weighted by Gasteiger charge is 2.26. The molecule has 3 rings (SSSR count). The van der Waals surface area contributed by atoms with Crippen molar-refractivity contribution in [2.75, 3.05) is 6.54 Å². The van der Waals surface area contributed by atoms with Gasteiger partial charge in [0.15, 0.2) is 0 Å². The molecule has 2 nitrogen and oxygen atoms in total. The van der Waals surface area contributed by atoms with Crippen molar-refractivity contribution in [2.24, 2.45) is 5.92 Å². The number of ether oxygens (including phenoxy) is 1. The van der Waals surface area contributed by atoms with Crippen molar-refractivity contribution in [1.82, 2.24) is 5.32 Å². The van der Waals surface area contributed by atoms with E-state index in [-0.39, 0.29) is 0 Å². The van der Waals surface area contributed by atoms with Crippen molar-refractivity contribution >= 4 is 0 Å². The topological polar surface area (TPSA) is 21.3 Å². The first-order valence-corrected chi connectivity index (χ1v) is 8.80. The highest BCUT2D eigenvalue weighted by molar-refractivity contribution is 5.41. The van der Waals surface area contributed by atoms with Crippen LogP contribution in [0.2, 0.25) is 0 Å². The monoisotopic (exact) mass is 287 g/mol. The summed E-state index contributed by atoms with van der Waals surface area (Å²) < 4.78 is 5.85. The zero-order valence-corrected chi connectivity index (χ0v) is 13.5. The van der Waals surface area contributed by atoms with E-state index < -0.39 is 0 Å². The van der Waals surface area contributed by atoms with Gasteiger partial charge in [-0.25, -0.2) is 0 Å². The number of nitrogens with one attached hydrogen (secondary N) is 1. The highest BCUT2D eigenvalue weighted by Crippen LogP contribution is 2.37. The number of rotatable bonds is 5. The second-order valence-electron chi connectivity index (χ2n) is 6.83. The van der Waals surface area contributed by atoms with Crippen LogP contribution in [-0.2, 0) is 6.42 Å². The summed E-state index contributed by atoms with van der Waals surface area (Å²) >= 11 is 0. The molecular formula is C19H29NO. The van der Waals surface area contributed by atoms with E-state index in [1.54, 1.807) is 0 Å². The Bertz CT molecular complexity index is 465. The fourth-order valence-corrected chi connectivity index (χ4v) is 3.96. The number of benzene rings is 1. The normalized spacial score (nSPS) is 23.6. The number of fused-ring (bicyclic) bond motifs is 1. The molecule has 2 unspecified atom stereocenters. The molecular weight excluding hydrogens is 258 g/mol. The molecule has 2 aliphatic rings. The first-order valence-electron chi connectivity index (χ1n) is 8.80. The number of hydrogen-bond donors (Lipinski definition) is 1. The Kier molecular flexibility index (Phi) is 4.84. The minimum absolute atomic E-state index is 0.340. The van der Waals surface area contributed by atoms with Gasteiger partial charge < -0.3 is 10.1 Å². The molecule has 1 heterocycles. The lowest BCUT2D eigenvalue weighted by Gasteiger charge is -2.31. The van der Waals surface area contributed by atoms with Crippen molar-refractivity contribution in [3.05, 3.63) is 29.3 Å². The molecule has 1 saturated carbocycles. The second-order valence-corrected chi connectivity index (χ2v) is 6.83. The van der Waals surface area contributed by atoms with Crippen LogP contribution >= 0.6 is 0 Å². The van der Waals surface area contributed by atoms with Gasteiger partial charge >= 0.3 is 0 Å². The van der Waals surface area contributed by atoms with Gasteiger partial charge in [-0.3, -0.25) is 0 Å². The predicted octanol–water partition coefficient (Wildman–Crippen LogP) is 4.63. The molecule has 21 heavy (non-hydrogen) atoms. The van der Waals surface area contributed by atoms with Gasteiger partial charge in [-0.1, -0.05) is 38.3 Å². The van der Waals surface area contributed by atoms with E-state index in [9.17, 15) is 0 Å². The first-order chi connectivity index (χ1) is 10.3. The minimum Gasteiger partial charge on any atom is -0.490 e. The molecule has 1 N–H and O–H groups in total. The minimum atomic E-state index is 0.340. The average molecular weight is 287 g/mol. The van der Waals surface area contributed by atoms with Crippen LogP contribution in [0.5, 0.6) is 5.75 Å². The molecule has 1 fully saturated rings. The quantitative estimate of drug-likeness (QED) is 0.852. The van der Waals surface area contributed by atoms with E-state index in [0.717, 1.165) is 24.6 Å². The van der Waals surface area contributed by atoms with Crippen LogP contribution in [0.4, 0.5) is 0 Å². The van der Waals surface area contributed by atoms with Crippen LogP contribution in [-0.4, -0.2) is 12.6 Å². The summed E-state index contributed by atoms with van der Waals surface area (Å²) in [4.78, 5) is 0. The maximum Gasteiger partial charge on any atom is 0.123 e. The van der Waals surface area contributed by atoms with Gasteiger partial charge in [0.1, 0.15) is 11.9 Å². The molecule has 2 atom stereocenters. The van der Waals surface area contributed by atoms with E-state index in [2.05, 4.69) is 37.4 Å². The summed E-state index contributed by atoms with van der Waals surface area (Å²) in [5.41, 5.74) is 2.88. The number of hydrogen-bond acceptors (Lipinski definition) is 2. The molecule has 0 radical (unpaired) electrons. The Labute approximate surface area is 129 Å². The van der Waals surface area contributed by atoms with Gasteiger partial charge in [-0.15, -0.1) is 0 Å². The molecule has 0 bridgehead atoms. The van der Waals surface area contributed by atoms with Crippen LogP contribution in [0.3, 0.4) is 0 Å². The second kappa shape index (κ2) is 6.83. The molecule has 1 aromatic rings. The van der Waals surface area contributed by atoms with Crippen LogP contribution in [0.15, 0.2) is 18.2 Å². The van der Waals surface area contributed by atoms with E-state index in [1.807, 2.05) is 0 Å². The van der Waals surface area contributed by atoms with Gasteiger partial charge in [0.25, 0.3) is 0 Å². The van der Waals surface area contributed by atoms with Gasteiger partial charge in [0.2, 0.25) is 0 Å². The fraction of sp³-hybridized carbons (Fsp3) is 0.684. The molecule has 2 heteroatoms. The molecule has 116 valence electrons. The summed E-state index contributed by atoms with van der Waals surface area (Å²) in [6.07, 6.45) is 9.60. The molecule has 0 saturated heterocycles. The smallest absolute Gasteiger partial charge is 0.123 e. The molecule has 1 aromatic carbocycles. The van der Waals surface area contributed by atoms with E-state index >= 15 is 0 Å². The van der Waals surface area contributed by atoms with Crippen molar-refractivity contribution in [3.8, 4) is 5.75 Å². The predicted molar refractivity (Wildman–Crippen MR) is 87.8 cm³/mol. The SMILES string of the molecule is CCCNC(c1ccc2c(c1)CC(C)O2)C1CCCCC1. The van der Waals surface area contributed by atoms with E-state index in [0.29, 0.717) is 12.1 Å². The van der Waals surface area contributed by atoms with Crippen molar-refractivity contribution in [2.45, 2.75) is 70.9 Å². The Morgan fingerprint density at radius 3 is 2.81 bits per heavy atom. The lowest BCUT2D eigenvalue weighted by molar-refractivity contribution is 0.254. The average Bonchev–Trinajstić information content (AvgIpc) is 2.88. The Balaban J connectivity index is 1.80. The van der Waals surface area contributed by atoms with Crippen LogP contribution < -0.4 is 10.1 Å². The molecule has 1 aliphatic heterocycles. The van der Waals surface area contributed by atoms with Gasteiger partial charge in [-0.05, 0) is 55.8 Å². The lowest BCUT2D eigenvalue weighted by atomic mass is 9.80. The summed E-state index contributed by atoms with van der Waals surface area (Å²) in [7, 11) is 0. The molecule has 0 aromatic heterocycles. The van der Waals surface area contributed by atoms with Crippen molar-refractivity contribution < 1.29 is 4.74 Å². The van der Waals surface area contributed by atoms with Gasteiger partial charge in [0, 0.05) is 12.5 Å². The summed E-state index contributed by atoms with van der Waals surface area (Å²) in [6, 6.07) is 7.42. The summed E-state index contributed by atoms with van der Waals surface area (Å²) in [5, 5.41) is 3.82. The highest BCUT2D eigenvalue weighted by atomic mass is 16.5. The zero-order valence-electron chi connectivity index (χ0n) is 13.5. The van der Waals surface area contributed by atoms with Crippen molar-refractivity contribution in [1.29, 1.82) is 0 Å². The largest absolute Gasteiger partial charge is 0.490 e. The van der Waals surface area contributed by atoms with Crippen LogP contribution in [0, 0.1) is 5.92 Å². The van der Waals surface area contributed by atoms with Crippen molar-refractivity contribution in [3.63, 3.8) is 0 Å². The van der Waals surface area contributed by atoms with Crippen LogP contribution in [0.1, 0.15) is 69.5 Å². The Morgan fingerprint density at radius 2 is 2.05 bits per heavy atom. The third kappa shape index (κ3) is 3.42. The van der Waals surface area contributed by atoms with Gasteiger partial charge in [0.05, 0.1) is 0 Å². The Hall–Kier alpha value is -1.02. The van der Waals surface area contributed by atoms with E-state index in [1.165, 1.54) is 49.7 Å². The fourth-order valence-electron chi connectivity index (χ4n) is 3.96. The third-order valence-electron chi connectivity index (χ3n) is 5.01. The maximum absolute atomic E-state index is 5.85. The third-order valence-corrected chi connectivity index (χ3v) is 5.01. The zero-order chi connectivity index (χ0) is 14.7. The standard InChI is InChI=1S/C19H29NO/c1-3-11-20-19(15-7-5-4-6-8-15)16-9-10-18-17(13-16)12-14(2)21-18/h9-10,13-15,19-20H,3-8,11-12H2,1-2H3. The molecule has 0 amide bonds. The summed E-state index contributed by atoms with van der Waals surface area (Å²) in [6.45, 7) is 5.53. The first kappa shape index (κ1) is 14.9. The van der Waals surface area contributed by atoms with E-state index in [4.69, 9.17) is 4.74 Å².